The zero-order chi connectivity index (χ0) is 25.2. The largest absolute Gasteiger partial charge is 0.380 e. The Morgan fingerprint density at radius 2 is 1.06 bits per heavy atom. The van der Waals surface area contributed by atoms with Crippen molar-refractivity contribution < 1.29 is 26.3 Å². The highest BCUT2D eigenvalue weighted by molar-refractivity contribution is 7.16. The summed E-state index contributed by atoms with van der Waals surface area (Å²) in [7, 11) is 0. The van der Waals surface area contributed by atoms with Crippen molar-refractivity contribution in [1.29, 1.82) is 0 Å². The number of alkyl halides is 6. The van der Waals surface area contributed by atoms with Gasteiger partial charge in [0.1, 0.15) is 0 Å². The predicted octanol–water partition coefficient (Wildman–Crippen LogP) is 8.38. The first-order valence-electron chi connectivity index (χ1n) is 10.4. The average molecular weight is 523 g/mol. The molecule has 2 nitrogen and oxygen atoms in total. The van der Waals surface area contributed by atoms with Gasteiger partial charge in [0.2, 0.25) is 0 Å². The van der Waals surface area contributed by atoms with Crippen molar-refractivity contribution in [1.82, 2.24) is 9.97 Å². The van der Waals surface area contributed by atoms with Crippen LogP contribution in [0.5, 0.6) is 0 Å². The summed E-state index contributed by atoms with van der Waals surface area (Å²) in [6, 6.07) is 9.15. The summed E-state index contributed by atoms with van der Waals surface area (Å²) in [5, 5.41) is 0. The highest BCUT2D eigenvalue weighted by atomic mass is 32.1. The Bertz CT molecular complexity index is 1330. The van der Waals surface area contributed by atoms with Crippen LogP contribution >= 0.6 is 22.7 Å². The van der Waals surface area contributed by atoms with Gasteiger partial charge in [-0.15, -0.1) is 22.7 Å². The molecular weight excluding hydrogens is 506 g/mol. The zero-order valence-corrected chi connectivity index (χ0v) is 19.9. The molecule has 180 valence electrons. The maximum absolute atomic E-state index is 15.3. The van der Waals surface area contributed by atoms with E-state index >= 15 is 17.6 Å². The maximum atomic E-state index is 15.3. The van der Waals surface area contributed by atoms with Gasteiger partial charge in [0, 0.05) is 66.6 Å². The second-order valence-electron chi connectivity index (χ2n) is 8.12. The molecule has 0 saturated carbocycles. The van der Waals surface area contributed by atoms with E-state index in [1.807, 2.05) is 0 Å². The van der Waals surface area contributed by atoms with Gasteiger partial charge in [-0.05, 0) is 49.2 Å². The number of hydrogen-bond acceptors (Lipinski definition) is 4. The van der Waals surface area contributed by atoms with Crippen LogP contribution in [-0.2, 0) is 0 Å². The number of halogens is 6. The van der Waals surface area contributed by atoms with E-state index in [4.69, 9.17) is 0 Å². The highest BCUT2D eigenvalue weighted by Crippen LogP contribution is 2.66. The lowest BCUT2D eigenvalue weighted by Gasteiger charge is -2.25. The van der Waals surface area contributed by atoms with E-state index in [-0.39, 0.29) is 20.9 Å². The molecular formula is C25H16F6N2S2. The number of aromatic nitrogens is 2. The van der Waals surface area contributed by atoms with Crippen LogP contribution in [0.15, 0.2) is 61.2 Å². The van der Waals surface area contributed by atoms with Gasteiger partial charge in [0.15, 0.2) is 0 Å². The molecule has 0 saturated heterocycles. The minimum Gasteiger partial charge on any atom is -0.264 e. The molecule has 0 bridgehead atoms. The summed E-state index contributed by atoms with van der Waals surface area (Å²) >= 11 is 2.11. The lowest BCUT2D eigenvalue weighted by molar-refractivity contribution is -0.254. The van der Waals surface area contributed by atoms with Crippen LogP contribution in [0.25, 0.3) is 32.0 Å². The first-order valence-corrected chi connectivity index (χ1v) is 12.0. The molecule has 0 spiro atoms. The molecule has 0 radical (unpaired) electrons. The molecule has 5 rings (SSSR count). The second kappa shape index (κ2) is 8.03. The van der Waals surface area contributed by atoms with Crippen LogP contribution in [0.1, 0.15) is 20.9 Å². The standard InChI is InChI=1S/C25H16F6N2S2/c1-13-17(9-19(34-13)15-5-3-7-32-11-15)21-22(24(28,29)25(30,31)23(21,26)27)18-10-20(35-14(18)2)16-6-4-8-33-12-16/h3-12H,1-2H3. The molecule has 0 amide bonds. The van der Waals surface area contributed by atoms with Crippen molar-refractivity contribution in [3.8, 4) is 20.9 Å². The summed E-state index contributed by atoms with van der Waals surface area (Å²) in [4.78, 5) is 9.34. The molecule has 0 unspecified atom stereocenters. The molecule has 4 heterocycles. The third-order valence-corrected chi connectivity index (χ3v) is 8.13. The highest BCUT2D eigenvalue weighted by Gasteiger charge is 2.80. The van der Waals surface area contributed by atoms with Crippen LogP contribution in [0.3, 0.4) is 0 Å². The Kier molecular flexibility index (Phi) is 5.45. The van der Waals surface area contributed by atoms with Crippen LogP contribution in [0, 0.1) is 13.8 Å². The Balaban J connectivity index is 1.78. The summed E-state index contributed by atoms with van der Waals surface area (Å²) in [5.41, 5.74) is -2.18. The quantitative estimate of drug-likeness (QED) is 0.252. The number of nitrogens with zero attached hydrogens (tertiary/aromatic N) is 2. The van der Waals surface area contributed by atoms with E-state index in [2.05, 4.69) is 9.97 Å². The topological polar surface area (TPSA) is 25.8 Å². The Morgan fingerprint density at radius 1 is 0.657 bits per heavy atom. The minimum atomic E-state index is -5.60. The number of aryl methyl sites for hydroxylation is 2. The van der Waals surface area contributed by atoms with Gasteiger partial charge in [0.05, 0.1) is 0 Å². The summed E-state index contributed by atoms with van der Waals surface area (Å²) in [6.45, 7) is 2.91. The minimum absolute atomic E-state index is 0.227. The Hall–Kier alpha value is -2.98. The van der Waals surface area contributed by atoms with Crippen LogP contribution in [0.4, 0.5) is 26.3 Å². The molecule has 0 atom stereocenters. The normalized spacial score (nSPS) is 18.3. The average Bonchev–Trinajstić information content (AvgIpc) is 3.42. The predicted molar refractivity (Wildman–Crippen MR) is 126 cm³/mol. The summed E-state index contributed by atoms with van der Waals surface area (Å²) in [6.07, 6.45) is 6.03. The monoisotopic (exact) mass is 522 g/mol. The zero-order valence-electron chi connectivity index (χ0n) is 18.3. The van der Waals surface area contributed by atoms with Crippen molar-refractivity contribution in [2.75, 3.05) is 0 Å². The van der Waals surface area contributed by atoms with Crippen molar-refractivity contribution >= 4 is 33.8 Å². The summed E-state index contributed by atoms with van der Waals surface area (Å²) in [5.74, 6) is -15.8. The first kappa shape index (κ1) is 23.7. The molecule has 0 aromatic carbocycles. The molecule has 1 aliphatic carbocycles. The van der Waals surface area contributed by atoms with Gasteiger partial charge in [0.25, 0.3) is 0 Å². The number of hydrogen-bond donors (Lipinski definition) is 0. The smallest absolute Gasteiger partial charge is 0.264 e. The molecule has 0 fully saturated rings. The molecule has 35 heavy (non-hydrogen) atoms. The fourth-order valence-corrected chi connectivity index (χ4v) is 6.23. The number of pyridine rings is 2. The van der Waals surface area contributed by atoms with Crippen molar-refractivity contribution in [3.05, 3.63) is 82.1 Å². The van der Waals surface area contributed by atoms with Gasteiger partial charge >= 0.3 is 17.8 Å². The number of thiophene rings is 2. The van der Waals surface area contributed by atoms with E-state index in [0.717, 1.165) is 22.7 Å². The van der Waals surface area contributed by atoms with E-state index < -0.39 is 28.9 Å². The van der Waals surface area contributed by atoms with E-state index in [1.165, 1.54) is 50.8 Å². The van der Waals surface area contributed by atoms with Gasteiger partial charge in [-0.1, -0.05) is 12.1 Å². The fourth-order valence-electron chi connectivity index (χ4n) is 4.19. The Labute approximate surface area is 204 Å². The third kappa shape index (κ3) is 3.45. The van der Waals surface area contributed by atoms with Gasteiger partial charge in [-0.3, -0.25) is 9.97 Å². The van der Waals surface area contributed by atoms with Gasteiger partial charge in [-0.25, -0.2) is 0 Å². The third-order valence-electron chi connectivity index (χ3n) is 5.93. The van der Waals surface area contributed by atoms with Crippen LogP contribution < -0.4 is 0 Å². The van der Waals surface area contributed by atoms with Crippen LogP contribution in [0.2, 0.25) is 0 Å². The summed E-state index contributed by atoms with van der Waals surface area (Å²) < 4.78 is 90.5. The lowest BCUT2D eigenvalue weighted by atomic mass is 9.94. The van der Waals surface area contributed by atoms with Gasteiger partial charge in [-0.2, -0.15) is 26.3 Å². The number of rotatable bonds is 4. The van der Waals surface area contributed by atoms with Crippen LogP contribution in [-0.4, -0.2) is 27.7 Å². The number of allylic oxidation sites excluding steroid dienone is 2. The molecule has 0 N–H and O–H groups in total. The molecule has 0 aliphatic heterocycles. The lowest BCUT2D eigenvalue weighted by Crippen LogP contribution is -2.48. The van der Waals surface area contributed by atoms with Gasteiger partial charge < -0.3 is 0 Å². The Morgan fingerprint density at radius 3 is 1.40 bits per heavy atom. The maximum Gasteiger partial charge on any atom is 0.380 e. The van der Waals surface area contributed by atoms with E-state index in [1.54, 1.807) is 24.3 Å². The molecule has 10 heteroatoms. The molecule has 1 aliphatic rings. The van der Waals surface area contributed by atoms with Crippen molar-refractivity contribution in [2.24, 2.45) is 0 Å². The molecule has 4 aromatic rings. The van der Waals surface area contributed by atoms with Crippen molar-refractivity contribution in [3.63, 3.8) is 0 Å². The van der Waals surface area contributed by atoms with E-state index in [0.29, 0.717) is 20.9 Å². The van der Waals surface area contributed by atoms with Crippen molar-refractivity contribution in [2.45, 2.75) is 31.6 Å². The first-order chi connectivity index (χ1) is 16.5. The van der Waals surface area contributed by atoms with E-state index in [9.17, 15) is 8.78 Å². The fraction of sp³-hybridized carbons (Fsp3) is 0.200. The SMILES string of the molecule is Cc1sc(-c2cccnc2)cc1C1=C(c2cc(-c3cccnc3)sc2C)C(F)(F)C(F)(F)C1(F)F. The second-order valence-corrected chi connectivity index (χ2v) is 10.6. The molecule has 4 aromatic heterocycles.